The maximum Gasteiger partial charge on any atom is 0.303 e. The van der Waals surface area contributed by atoms with Gasteiger partial charge >= 0.3 is 5.97 Å². The first-order chi connectivity index (χ1) is 7.63. The summed E-state index contributed by atoms with van der Waals surface area (Å²) in [6.07, 6.45) is 4.32. The van der Waals surface area contributed by atoms with Crippen LogP contribution in [0.3, 0.4) is 0 Å². The Labute approximate surface area is 96.6 Å². The molecule has 92 valence electrons. The summed E-state index contributed by atoms with van der Waals surface area (Å²) in [6.45, 7) is 3.89. The molecule has 0 aromatic rings. The summed E-state index contributed by atoms with van der Waals surface area (Å²) in [5.41, 5.74) is 0. The summed E-state index contributed by atoms with van der Waals surface area (Å²) in [4.78, 5) is 23.9. The highest BCUT2D eigenvalue weighted by Crippen LogP contribution is 2.20. The van der Waals surface area contributed by atoms with E-state index in [-0.39, 0.29) is 12.3 Å². The normalized spacial score (nSPS) is 17.4. The summed E-state index contributed by atoms with van der Waals surface area (Å²) < 4.78 is 0. The van der Waals surface area contributed by atoms with Crippen LogP contribution in [-0.4, -0.2) is 35.0 Å². The monoisotopic (exact) mass is 227 g/mol. The highest BCUT2D eigenvalue weighted by Gasteiger charge is 2.21. The van der Waals surface area contributed by atoms with Crippen LogP contribution >= 0.6 is 0 Å². The average molecular weight is 227 g/mol. The number of piperidine rings is 1. The van der Waals surface area contributed by atoms with Crippen LogP contribution < -0.4 is 0 Å². The third kappa shape index (κ3) is 4.21. The molecule has 0 aliphatic carbocycles. The minimum absolute atomic E-state index is 0.0944. The van der Waals surface area contributed by atoms with Gasteiger partial charge in [-0.05, 0) is 25.2 Å². The lowest BCUT2D eigenvalue weighted by Gasteiger charge is -2.31. The molecule has 0 spiro atoms. The van der Waals surface area contributed by atoms with Gasteiger partial charge in [-0.25, -0.2) is 0 Å². The first-order valence-corrected chi connectivity index (χ1v) is 6.13. The lowest BCUT2D eigenvalue weighted by molar-refractivity contribution is -0.137. The van der Waals surface area contributed by atoms with Crippen LogP contribution in [-0.2, 0) is 9.59 Å². The van der Waals surface area contributed by atoms with Crippen molar-refractivity contribution in [3.05, 3.63) is 0 Å². The largest absolute Gasteiger partial charge is 0.481 e. The first kappa shape index (κ1) is 13.0. The van der Waals surface area contributed by atoms with Crippen molar-refractivity contribution in [2.45, 2.75) is 45.4 Å². The highest BCUT2D eigenvalue weighted by molar-refractivity contribution is 5.77. The van der Waals surface area contributed by atoms with Gasteiger partial charge in [0, 0.05) is 25.9 Å². The van der Waals surface area contributed by atoms with Gasteiger partial charge in [-0.2, -0.15) is 0 Å². The second kappa shape index (κ2) is 6.51. The molecular formula is C12H21NO3. The van der Waals surface area contributed by atoms with E-state index in [1.54, 1.807) is 0 Å². The molecule has 1 heterocycles. The van der Waals surface area contributed by atoms with Crippen LogP contribution in [0.1, 0.15) is 45.4 Å². The van der Waals surface area contributed by atoms with Gasteiger partial charge in [-0.15, -0.1) is 0 Å². The molecule has 0 aromatic carbocycles. The number of rotatable bonds is 5. The summed E-state index contributed by atoms with van der Waals surface area (Å²) in [6, 6.07) is 0. The third-order valence-corrected chi connectivity index (χ3v) is 3.33. The Hall–Kier alpha value is -1.06. The van der Waals surface area contributed by atoms with Crippen molar-refractivity contribution in [2.75, 3.05) is 13.1 Å². The number of carboxylic acid groups (broad SMARTS) is 1. The Kier molecular flexibility index (Phi) is 5.29. The van der Waals surface area contributed by atoms with E-state index in [9.17, 15) is 9.59 Å². The molecule has 1 rings (SSSR count). The zero-order valence-electron chi connectivity index (χ0n) is 9.95. The number of aliphatic carboxylic acids is 1. The van der Waals surface area contributed by atoms with Crippen molar-refractivity contribution in [1.29, 1.82) is 0 Å². The Bertz CT molecular complexity index is 245. The standard InChI is InChI=1S/C12H21NO3/c1-2-10-6-8-13(9-7-10)11(14)4-3-5-12(15)16/h10H,2-9H2,1H3,(H,15,16). The molecule has 0 aromatic heterocycles. The molecule has 1 aliphatic rings. The zero-order chi connectivity index (χ0) is 12.0. The summed E-state index contributed by atoms with van der Waals surface area (Å²) in [5, 5.41) is 8.48. The van der Waals surface area contributed by atoms with Gasteiger partial charge in [0.2, 0.25) is 5.91 Å². The quantitative estimate of drug-likeness (QED) is 0.780. The van der Waals surface area contributed by atoms with Crippen molar-refractivity contribution in [2.24, 2.45) is 5.92 Å². The van der Waals surface area contributed by atoms with Gasteiger partial charge < -0.3 is 10.0 Å². The topological polar surface area (TPSA) is 57.6 Å². The van der Waals surface area contributed by atoms with E-state index in [2.05, 4.69) is 6.92 Å². The number of hydrogen-bond donors (Lipinski definition) is 1. The number of amides is 1. The molecule has 16 heavy (non-hydrogen) atoms. The third-order valence-electron chi connectivity index (χ3n) is 3.33. The Morgan fingerprint density at radius 3 is 2.38 bits per heavy atom. The van der Waals surface area contributed by atoms with Crippen LogP contribution in [0.25, 0.3) is 0 Å². The summed E-state index contributed by atoms with van der Waals surface area (Å²) in [5.74, 6) is 0.0661. The van der Waals surface area contributed by atoms with E-state index < -0.39 is 5.97 Å². The van der Waals surface area contributed by atoms with Crippen molar-refractivity contribution in [3.63, 3.8) is 0 Å². The van der Waals surface area contributed by atoms with Gasteiger partial charge in [-0.3, -0.25) is 9.59 Å². The predicted molar refractivity (Wildman–Crippen MR) is 61.1 cm³/mol. The number of carboxylic acids is 1. The molecule has 0 saturated carbocycles. The first-order valence-electron chi connectivity index (χ1n) is 6.13. The van der Waals surface area contributed by atoms with Crippen LogP contribution in [0.4, 0.5) is 0 Å². The predicted octanol–water partition coefficient (Wildman–Crippen LogP) is 1.89. The maximum absolute atomic E-state index is 11.7. The molecule has 0 atom stereocenters. The zero-order valence-corrected chi connectivity index (χ0v) is 9.95. The van der Waals surface area contributed by atoms with Crippen LogP contribution in [0, 0.1) is 5.92 Å². The molecule has 0 unspecified atom stereocenters. The van der Waals surface area contributed by atoms with Gasteiger partial charge in [0.05, 0.1) is 0 Å². The summed E-state index contributed by atoms with van der Waals surface area (Å²) >= 11 is 0. The number of carbonyl (C=O) groups is 2. The SMILES string of the molecule is CCC1CCN(C(=O)CCCC(=O)O)CC1. The number of likely N-dealkylation sites (tertiary alicyclic amines) is 1. The molecule has 1 fully saturated rings. The summed E-state index contributed by atoms with van der Waals surface area (Å²) in [7, 11) is 0. The smallest absolute Gasteiger partial charge is 0.303 e. The fourth-order valence-electron chi connectivity index (χ4n) is 2.14. The Morgan fingerprint density at radius 1 is 1.25 bits per heavy atom. The number of carbonyl (C=O) groups excluding carboxylic acids is 1. The van der Waals surface area contributed by atoms with Crippen molar-refractivity contribution < 1.29 is 14.7 Å². The van der Waals surface area contributed by atoms with Crippen LogP contribution in [0.2, 0.25) is 0 Å². The van der Waals surface area contributed by atoms with Gasteiger partial charge in [-0.1, -0.05) is 13.3 Å². The maximum atomic E-state index is 11.7. The van der Waals surface area contributed by atoms with Gasteiger partial charge in [0.25, 0.3) is 0 Å². The van der Waals surface area contributed by atoms with E-state index in [0.717, 1.165) is 31.8 Å². The fourth-order valence-corrected chi connectivity index (χ4v) is 2.14. The molecule has 4 nitrogen and oxygen atoms in total. The molecule has 0 bridgehead atoms. The molecule has 1 amide bonds. The van der Waals surface area contributed by atoms with Crippen molar-refractivity contribution >= 4 is 11.9 Å². The van der Waals surface area contributed by atoms with Crippen LogP contribution in [0.5, 0.6) is 0 Å². The van der Waals surface area contributed by atoms with Crippen LogP contribution in [0.15, 0.2) is 0 Å². The Balaban J connectivity index is 2.20. The van der Waals surface area contributed by atoms with E-state index in [0.29, 0.717) is 12.8 Å². The van der Waals surface area contributed by atoms with Gasteiger partial charge in [0.15, 0.2) is 0 Å². The highest BCUT2D eigenvalue weighted by atomic mass is 16.4. The minimum Gasteiger partial charge on any atom is -0.481 e. The lowest BCUT2D eigenvalue weighted by atomic mass is 9.94. The minimum atomic E-state index is -0.822. The molecule has 1 N–H and O–H groups in total. The van der Waals surface area contributed by atoms with Crippen molar-refractivity contribution in [3.8, 4) is 0 Å². The molecular weight excluding hydrogens is 206 g/mol. The van der Waals surface area contributed by atoms with E-state index in [4.69, 9.17) is 5.11 Å². The second-order valence-corrected chi connectivity index (χ2v) is 4.48. The molecule has 1 aliphatic heterocycles. The molecule has 1 saturated heterocycles. The fraction of sp³-hybridized carbons (Fsp3) is 0.833. The second-order valence-electron chi connectivity index (χ2n) is 4.48. The van der Waals surface area contributed by atoms with E-state index in [1.165, 1.54) is 6.42 Å². The Morgan fingerprint density at radius 2 is 1.88 bits per heavy atom. The lowest BCUT2D eigenvalue weighted by Crippen LogP contribution is -2.38. The number of hydrogen-bond acceptors (Lipinski definition) is 2. The molecule has 0 radical (unpaired) electrons. The van der Waals surface area contributed by atoms with E-state index in [1.807, 2.05) is 4.90 Å². The average Bonchev–Trinajstić information content (AvgIpc) is 2.28. The van der Waals surface area contributed by atoms with Crippen molar-refractivity contribution in [1.82, 2.24) is 4.90 Å². The van der Waals surface area contributed by atoms with Gasteiger partial charge in [0.1, 0.15) is 0 Å². The van der Waals surface area contributed by atoms with E-state index >= 15 is 0 Å². The molecule has 4 heteroatoms. The number of nitrogens with zero attached hydrogens (tertiary/aromatic N) is 1.